The summed E-state index contributed by atoms with van der Waals surface area (Å²) < 4.78 is 10.7. The predicted molar refractivity (Wildman–Crippen MR) is 103 cm³/mol. The van der Waals surface area contributed by atoms with E-state index in [1.807, 2.05) is 0 Å². The summed E-state index contributed by atoms with van der Waals surface area (Å²) in [5.74, 6) is -0.144. The molecule has 2 amide bonds. The Hall–Kier alpha value is -1.98. The molecule has 0 saturated carbocycles. The Kier molecular flexibility index (Phi) is 6.73. The van der Waals surface area contributed by atoms with Crippen molar-refractivity contribution in [2.45, 2.75) is 45.4 Å². The molecule has 1 aromatic rings. The van der Waals surface area contributed by atoms with E-state index in [-0.39, 0.29) is 29.6 Å². The maximum absolute atomic E-state index is 12.3. The van der Waals surface area contributed by atoms with Gasteiger partial charge in [-0.15, -0.1) is 0 Å². The Balaban J connectivity index is 2.67. The number of methoxy groups -OCH3 is 2. The molecule has 5 heteroatoms. The smallest absolute Gasteiger partial charge is 0.258 e. The van der Waals surface area contributed by atoms with Crippen molar-refractivity contribution >= 4 is 17.5 Å². The standard InChI is InChI=1S/C21H29NO4/c1-13(2)17-9-15(16(11-25-5)12-26-6)10-18(14(3)4)21(17)22-19(23)7-8-20(22)24/h7-10,13-14,16H,11-12H2,1-6H3. The minimum absolute atomic E-state index is 0.0946. The Morgan fingerprint density at radius 1 is 0.846 bits per heavy atom. The van der Waals surface area contributed by atoms with E-state index < -0.39 is 0 Å². The lowest BCUT2D eigenvalue weighted by Crippen LogP contribution is -2.32. The van der Waals surface area contributed by atoms with Gasteiger partial charge in [0.05, 0.1) is 18.9 Å². The number of hydrogen-bond acceptors (Lipinski definition) is 4. The van der Waals surface area contributed by atoms with Gasteiger partial charge in [0, 0.05) is 32.3 Å². The van der Waals surface area contributed by atoms with E-state index in [1.54, 1.807) is 14.2 Å². The molecule has 0 aromatic heterocycles. The molecule has 0 bridgehead atoms. The number of hydrogen-bond donors (Lipinski definition) is 0. The minimum Gasteiger partial charge on any atom is -0.384 e. The van der Waals surface area contributed by atoms with Crippen molar-refractivity contribution in [2.75, 3.05) is 32.3 Å². The molecular weight excluding hydrogens is 330 g/mol. The molecule has 0 fully saturated rings. The van der Waals surface area contributed by atoms with Crippen LogP contribution in [0.2, 0.25) is 0 Å². The van der Waals surface area contributed by atoms with Crippen molar-refractivity contribution in [3.05, 3.63) is 41.0 Å². The third-order valence-corrected chi connectivity index (χ3v) is 4.68. The first kappa shape index (κ1) is 20.3. The number of carbonyl (C=O) groups excluding carboxylic acids is 2. The van der Waals surface area contributed by atoms with Crippen molar-refractivity contribution in [3.8, 4) is 0 Å². The van der Waals surface area contributed by atoms with Crippen LogP contribution in [0.5, 0.6) is 0 Å². The number of ether oxygens (including phenoxy) is 2. The highest BCUT2D eigenvalue weighted by Gasteiger charge is 2.31. The van der Waals surface area contributed by atoms with Gasteiger partial charge < -0.3 is 9.47 Å². The summed E-state index contributed by atoms with van der Waals surface area (Å²) in [6.45, 7) is 9.40. The van der Waals surface area contributed by atoms with Crippen LogP contribution in [0.1, 0.15) is 62.1 Å². The molecule has 1 heterocycles. The van der Waals surface area contributed by atoms with E-state index in [1.165, 1.54) is 17.1 Å². The van der Waals surface area contributed by atoms with Gasteiger partial charge in [0.25, 0.3) is 11.8 Å². The molecule has 2 rings (SSSR count). The zero-order chi connectivity index (χ0) is 19.4. The van der Waals surface area contributed by atoms with Crippen LogP contribution in [0.3, 0.4) is 0 Å². The van der Waals surface area contributed by atoms with Crippen LogP contribution in [-0.2, 0) is 19.1 Å². The highest BCUT2D eigenvalue weighted by molar-refractivity contribution is 6.28. The van der Waals surface area contributed by atoms with Crippen LogP contribution in [0, 0.1) is 0 Å². The average molecular weight is 359 g/mol. The van der Waals surface area contributed by atoms with Gasteiger partial charge >= 0.3 is 0 Å². The highest BCUT2D eigenvalue weighted by Crippen LogP contribution is 2.39. The van der Waals surface area contributed by atoms with E-state index in [0.717, 1.165) is 22.4 Å². The molecule has 0 N–H and O–H groups in total. The second-order valence-electron chi connectivity index (χ2n) is 7.31. The monoisotopic (exact) mass is 359 g/mol. The summed E-state index contributed by atoms with van der Waals surface area (Å²) in [4.78, 5) is 26.0. The average Bonchev–Trinajstić information content (AvgIpc) is 2.91. The van der Waals surface area contributed by atoms with Gasteiger partial charge in [0.1, 0.15) is 0 Å². The fraction of sp³-hybridized carbons (Fsp3) is 0.524. The number of imide groups is 1. The fourth-order valence-corrected chi connectivity index (χ4v) is 3.34. The molecule has 1 aliphatic heterocycles. The molecular formula is C21H29NO4. The second-order valence-corrected chi connectivity index (χ2v) is 7.31. The third kappa shape index (κ3) is 4.05. The van der Waals surface area contributed by atoms with Crippen LogP contribution >= 0.6 is 0 Å². The number of carbonyl (C=O) groups is 2. The van der Waals surface area contributed by atoms with Gasteiger partial charge in [-0.2, -0.15) is 0 Å². The van der Waals surface area contributed by atoms with Gasteiger partial charge in [-0.25, -0.2) is 4.90 Å². The molecule has 1 aromatic carbocycles. The van der Waals surface area contributed by atoms with Crippen LogP contribution in [0.15, 0.2) is 24.3 Å². The van der Waals surface area contributed by atoms with Crippen molar-refractivity contribution in [1.29, 1.82) is 0 Å². The maximum atomic E-state index is 12.3. The molecule has 0 spiro atoms. The summed E-state index contributed by atoms with van der Waals surface area (Å²) in [5.41, 5.74) is 3.83. The SMILES string of the molecule is COCC(COC)c1cc(C(C)C)c(N2C(=O)C=CC2=O)c(C(C)C)c1. The Morgan fingerprint density at radius 2 is 1.27 bits per heavy atom. The van der Waals surface area contributed by atoms with Crippen LogP contribution in [-0.4, -0.2) is 39.2 Å². The number of anilines is 1. The predicted octanol–water partition coefficient (Wildman–Crippen LogP) is 3.74. The normalized spacial score (nSPS) is 14.6. The molecule has 0 radical (unpaired) electrons. The Labute approximate surface area is 156 Å². The van der Waals surface area contributed by atoms with E-state index in [2.05, 4.69) is 39.8 Å². The van der Waals surface area contributed by atoms with E-state index in [4.69, 9.17) is 9.47 Å². The van der Waals surface area contributed by atoms with Gasteiger partial charge in [-0.05, 0) is 28.5 Å². The molecule has 142 valence electrons. The van der Waals surface area contributed by atoms with Crippen LogP contribution in [0.25, 0.3) is 0 Å². The van der Waals surface area contributed by atoms with Crippen LogP contribution in [0.4, 0.5) is 5.69 Å². The highest BCUT2D eigenvalue weighted by atomic mass is 16.5. The number of amides is 2. The number of benzene rings is 1. The van der Waals surface area contributed by atoms with Gasteiger partial charge in [0.2, 0.25) is 0 Å². The number of nitrogens with zero attached hydrogens (tertiary/aromatic N) is 1. The first-order valence-corrected chi connectivity index (χ1v) is 9.03. The van der Waals surface area contributed by atoms with Crippen molar-refractivity contribution in [3.63, 3.8) is 0 Å². The second kappa shape index (κ2) is 8.60. The van der Waals surface area contributed by atoms with Crippen LogP contribution < -0.4 is 4.90 Å². The van der Waals surface area contributed by atoms with Gasteiger partial charge in [-0.3, -0.25) is 9.59 Å². The zero-order valence-electron chi connectivity index (χ0n) is 16.5. The largest absolute Gasteiger partial charge is 0.384 e. The summed E-state index contributed by atoms with van der Waals surface area (Å²) in [6, 6.07) is 4.18. The molecule has 0 aliphatic carbocycles. The summed E-state index contributed by atoms with van der Waals surface area (Å²) in [5, 5.41) is 0. The summed E-state index contributed by atoms with van der Waals surface area (Å²) in [6.07, 6.45) is 2.67. The van der Waals surface area contributed by atoms with Gasteiger partial charge in [0.15, 0.2) is 0 Å². The quantitative estimate of drug-likeness (QED) is 0.664. The lowest BCUT2D eigenvalue weighted by atomic mass is 9.86. The molecule has 0 saturated heterocycles. The Bertz CT molecular complexity index is 653. The van der Waals surface area contributed by atoms with E-state index in [9.17, 15) is 9.59 Å². The van der Waals surface area contributed by atoms with Crippen molar-refractivity contribution < 1.29 is 19.1 Å². The summed E-state index contributed by atoms with van der Waals surface area (Å²) in [7, 11) is 3.36. The van der Waals surface area contributed by atoms with Crippen molar-refractivity contribution in [2.24, 2.45) is 0 Å². The lowest BCUT2D eigenvalue weighted by molar-refractivity contribution is -0.120. The summed E-state index contributed by atoms with van der Waals surface area (Å²) >= 11 is 0. The molecule has 0 unspecified atom stereocenters. The molecule has 1 aliphatic rings. The molecule has 26 heavy (non-hydrogen) atoms. The Morgan fingerprint density at radius 3 is 1.62 bits per heavy atom. The maximum Gasteiger partial charge on any atom is 0.258 e. The molecule has 0 atom stereocenters. The van der Waals surface area contributed by atoms with Crippen molar-refractivity contribution in [1.82, 2.24) is 0 Å². The molecule has 5 nitrogen and oxygen atoms in total. The topological polar surface area (TPSA) is 55.8 Å². The van der Waals surface area contributed by atoms with E-state index in [0.29, 0.717) is 13.2 Å². The first-order chi connectivity index (χ1) is 12.3. The third-order valence-electron chi connectivity index (χ3n) is 4.68. The lowest BCUT2D eigenvalue weighted by Gasteiger charge is -2.28. The zero-order valence-corrected chi connectivity index (χ0v) is 16.5. The first-order valence-electron chi connectivity index (χ1n) is 9.03. The minimum atomic E-state index is -0.281. The fourth-order valence-electron chi connectivity index (χ4n) is 3.34. The van der Waals surface area contributed by atoms with Gasteiger partial charge in [-0.1, -0.05) is 39.8 Å². The number of rotatable bonds is 8. The van der Waals surface area contributed by atoms with E-state index >= 15 is 0 Å².